The minimum atomic E-state index is -4.55. The summed E-state index contributed by atoms with van der Waals surface area (Å²) in [5.41, 5.74) is 0.597. The second-order valence-corrected chi connectivity index (χ2v) is 7.57. The number of aromatic amines is 1. The summed E-state index contributed by atoms with van der Waals surface area (Å²) >= 11 is 6.79. The topological polar surface area (TPSA) is 88.1 Å². The number of halogens is 4. The lowest BCUT2D eigenvalue weighted by molar-refractivity contribution is -0.137. The highest BCUT2D eigenvalue weighted by Crippen LogP contribution is 2.42. The van der Waals surface area contributed by atoms with Crippen molar-refractivity contribution in [3.05, 3.63) is 60.9 Å². The summed E-state index contributed by atoms with van der Waals surface area (Å²) in [5.74, 6) is -0.246. The molecule has 11 heteroatoms. The molecule has 1 aliphatic rings. The van der Waals surface area contributed by atoms with Crippen LogP contribution in [0.25, 0.3) is 0 Å². The fraction of sp³-hybridized carbons (Fsp3) is 0.235. The molecule has 28 heavy (non-hydrogen) atoms. The van der Waals surface area contributed by atoms with E-state index < -0.39 is 11.7 Å². The highest BCUT2D eigenvalue weighted by molar-refractivity contribution is 7.09. The first kappa shape index (κ1) is 18.8. The van der Waals surface area contributed by atoms with E-state index in [1.807, 2.05) is 0 Å². The minimum Gasteiger partial charge on any atom is -0.494 e. The van der Waals surface area contributed by atoms with Gasteiger partial charge < -0.3 is 9.84 Å². The van der Waals surface area contributed by atoms with E-state index in [1.165, 1.54) is 6.20 Å². The maximum absolute atomic E-state index is 12.7. The van der Waals surface area contributed by atoms with E-state index in [4.69, 9.17) is 16.3 Å². The number of hydrogen-bond acceptors (Lipinski definition) is 6. The molecule has 1 atom stereocenters. The van der Waals surface area contributed by atoms with E-state index >= 15 is 0 Å². The van der Waals surface area contributed by atoms with Gasteiger partial charge in [0.25, 0.3) is 0 Å². The molecule has 0 spiro atoms. The molecular formula is C17H11ClF3N3O3S. The molecule has 0 amide bonds. The van der Waals surface area contributed by atoms with Gasteiger partial charge in [0, 0.05) is 12.1 Å². The molecule has 3 aromatic rings. The maximum Gasteiger partial charge on any atom is 0.417 e. The third kappa shape index (κ3) is 3.45. The Labute approximate surface area is 164 Å². The van der Waals surface area contributed by atoms with Crippen LogP contribution < -0.4 is 9.61 Å². The Morgan fingerprint density at radius 3 is 2.71 bits per heavy atom. The maximum atomic E-state index is 12.7. The van der Waals surface area contributed by atoms with Crippen molar-refractivity contribution in [3.8, 4) is 17.5 Å². The molecule has 0 aliphatic heterocycles. The summed E-state index contributed by atoms with van der Waals surface area (Å²) in [6.07, 6.45) is -1.20. The zero-order valence-corrected chi connectivity index (χ0v) is 15.5. The van der Waals surface area contributed by atoms with Crippen LogP contribution in [-0.4, -0.2) is 20.1 Å². The van der Waals surface area contributed by atoms with Crippen LogP contribution in [0.2, 0.25) is 5.02 Å². The number of alkyl halides is 3. The number of H-pyrrole nitrogens is 1. The quantitative estimate of drug-likeness (QED) is 0.641. The number of nitrogens with zero attached hydrogens (tertiary/aromatic N) is 2. The second-order valence-electron chi connectivity index (χ2n) is 6.14. The molecule has 146 valence electrons. The molecule has 3 heterocycles. The van der Waals surface area contributed by atoms with Crippen molar-refractivity contribution in [1.29, 1.82) is 0 Å². The smallest absolute Gasteiger partial charge is 0.417 e. The zero-order valence-electron chi connectivity index (χ0n) is 13.9. The molecule has 0 fully saturated rings. The largest absolute Gasteiger partial charge is 0.494 e. The number of aryl methyl sites for hydroxylation is 1. The standard InChI is InChI=1S/C17H11ClF3N3O3S/c18-11-4-8(17(19,20)21)5-23-15(11)27-9-3-7-1-2-10(12(7)22-6-9)13-14(25)24-16(26)28-13/h3-6,10,25H,1-2H2,(H,24,26)/t10-/m1/s1. The van der Waals surface area contributed by atoms with Crippen LogP contribution in [-0.2, 0) is 12.6 Å². The van der Waals surface area contributed by atoms with Gasteiger partial charge in [-0.1, -0.05) is 22.9 Å². The van der Waals surface area contributed by atoms with Crippen LogP contribution in [0, 0.1) is 0 Å². The van der Waals surface area contributed by atoms with Gasteiger partial charge >= 0.3 is 11.0 Å². The monoisotopic (exact) mass is 429 g/mol. The Balaban J connectivity index is 1.59. The second kappa shape index (κ2) is 6.78. The van der Waals surface area contributed by atoms with Crippen LogP contribution in [0.5, 0.6) is 17.5 Å². The number of ether oxygens (including phenoxy) is 1. The molecule has 2 N–H and O–H groups in total. The third-order valence-electron chi connectivity index (χ3n) is 4.33. The SMILES string of the molecule is O=c1[nH]c(O)c([C@@H]2CCc3cc(Oc4ncc(C(F)(F)F)cc4Cl)cnc32)s1. The summed E-state index contributed by atoms with van der Waals surface area (Å²) in [5, 5.41) is 9.61. The van der Waals surface area contributed by atoms with Gasteiger partial charge in [-0.15, -0.1) is 0 Å². The first-order chi connectivity index (χ1) is 13.2. The Kier molecular flexibility index (Phi) is 4.54. The lowest BCUT2D eigenvalue weighted by Crippen LogP contribution is -2.06. The summed E-state index contributed by atoms with van der Waals surface area (Å²) in [7, 11) is 0. The highest BCUT2D eigenvalue weighted by atomic mass is 35.5. The third-order valence-corrected chi connectivity index (χ3v) is 5.59. The van der Waals surface area contributed by atoms with Gasteiger partial charge in [0.2, 0.25) is 11.8 Å². The average molecular weight is 430 g/mol. The van der Waals surface area contributed by atoms with Crippen molar-refractivity contribution < 1.29 is 23.0 Å². The molecule has 1 aliphatic carbocycles. The van der Waals surface area contributed by atoms with Gasteiger partial charge in [-0.2, -0.15) is 13.2 Å². The van der Waals surface area contributed by atoms with Crippen LogP contribution in [0.1, 0.15) is 34.0 Å². The van der Waals surface area contributed by atoms with E-state index in [9.17, 15) is 23.1 Å². The van der Waals surface area contributed by atoms with Crippen molar-refractivity contribution in [1.82, 2.24) is 15.0 Å². The number of nitrogens with one attached hydrogen (secondary N) is 1. The van der Waals surface area contributed by atoms with Crippen molar-refractivity contribution in [2.45, 2.75) is 24.9 Å². The Bertz CT molecular complexity index is 1110. The Morgan fingerprint density at radius 1 is 1.29 bits per heavy atom. The van der Waals surface area contributed by atoms with Crippen LogP contribution in [0.4, 0.5) is 13.2 Å². The van der Waals surface area contributed by atoms with E-state index in [-0.39, 0.29) is 33.3 Å². The molecular weight excluding hydrogens is 419 g/mol. The number of pyridine rings is 2. The predicted molar refractivity (Wildman–Crippen MR) is 95.3 cm³/mol. The van der Waals surface area contributed by atoms with Crippen molar-refractivity contribution >= 4 is 22.9 Å². The summed E-state index contributed by atoms with van der Waals surface area (Å²) in [4.78, 5) is 21.9. The van der Waals surface area contributed by atoms with E-state index in [2.05, 4.69) is 15.0 Å². The van der Waals surface area contributed by atoms with E-state index in [0.29, 0.717) is 29.6 Å². The number of rotatable bonds is 3. The van der Waals surface area contributed by atoms with Crippen LogP contribution in [0.15, 0.2) is 29.3 Å². The molecule has 0 saturated carbocycles. The molecule has 0 aromatic carbocycles. The molecule has 3 aromatic heterocycles. The van der Waals surface area contributed by atoms with Crippen molar-refractivity contribution in [3.63, 3.8) is 0 Å². The molecule has 0 bridgehead atoms. The Hall–Kier alpha value is -2.59. The van der Waals surface area contributed by atoms with Gasteiger partial charge in [0.1, 0.15) is 10.8 Å². The first-order valence-electron chi connectivity index (χ1n) is 8.03. The summed E-state index contributed by atoms with van der Waals surface area (Å²) in [6, 6.07) is 2.45. The number of hydrogen-bond donors (Lipinski definition) is 2. The number of aromatic nitrogens is 3. The number of fused-ring (bicyclic) bond motifs is 1. The summed E-state index contributed by atoms with van der Waals surface area (Å²) < 4.78 is 43.6. The molecule has 0 unspecified atom stereocenters. The zero-order chi connectivity index (χ0) is 20.1. The molecule has 6 nitrogen and oxygen atoms in total. The van der Waals surface area contributed by atoms with Crippen LogP contribution in [0.3, 0.4) is 0 Å². The average Bonchev–Trinajstić information content (AvgIpc) is 3.17. The van der Waals surface area contributed by atoms with Gasteiger partial charge in [-0.25, -0.2) is 4.98 Å². The van der Waals surface area contributed by atoms with Crippen molar-refractivity contribution in [2.75, 3.05) is 0 Å². The number of thiazole rings is 1. The first-order valence-corrected chi connectivity index (χ1v) is 9.23. The fourth-order valence-corrected chi connectivity index (χ4v) is 4.17. The molecule has 4 rings (SSSR count). The van der Waals surface area contributed by atoms with Crippen LogP contribution >= 0.6 is 22.9 Å². The normalized spacial score (nSPS) is 16.2. The fourth-order valence-electron chi connectivity index (χ4n) is 3.10. The van der Waals surface area contributed by atoms with Gasteiger partial charge in [-0.05, 0) is 30.5 Å². The minimum absolute atomic E-state index is 0.157. The van der Waals surface area contributed by atoms with E-state index in [0.717, 1.165) is 23.0 Å². The lowest BCUT2D eigenvalue weighted by atomic mass is 10.1. The molecule has 0 saturated heterocycles. The molecule has 0 radical (unpaired) electrons. The van der Waals surface area contributed by atoms with Gasteiger partial charge in [0.05, 0.1) is 22.3 Å². The van der Waals surface area contributed by atoms with Gasteiger partial charge in [0.15, 0.2) is 0 Å². The highest BCUT2D eigenvalue weighted by Gasteiger charge is 2.32. The Morgan fingerprint density at radius 2 is 2.07 bits per heavy atom. The van der Waals surface area contributed by atoms with Gasteiger partial charge in [-0.3, -0.25) is 14.8 Å². The van der Waals surface area contributed by atoms with Crippen molar-refractivity contribution in [2.24, 2.45) is 0 Å². The predicted octanol–water partition coefficient (Wildman–Crippen LogP) is 4.47. The lowest BCUT2D eigenvalue weighted by Gasteiger charge is -2.11. The summed E-state index contributed by atoms with van der Waals surface area (Å²) in [6.45, 7) is 0. The number of aromatic hydroxyl groups is 1. The van der Waals surface area contributed by atoms with E-state index in [1.54, 1.807) is 6.07 Å².